The zero-order valence-electron chi connectivity index (χ0n) is 23.9. The number of amides is 2. The van der Waals surface area contributed by atoms with Gasteiger partial charge in [0.15, 0.2) is 11.3 Å². The van der Waals surface area contributed by atoms with Crippen LogP contribution in [0.15, 0.2) is 36.5 Å². The molecule has 3 N–H and O–H groups in total. The van der Waals surface area contributed by atoms with E-state index in [4.69, 9.17) is 0 Å². The van der Waals surface area contributed by atoms with Crippen LogP contribution in [0.4, 0.5) is 17.6 Å². The molecule has 0 spiro atoms. The van der Waals surface area contributed by atoms with Gasteiger partial charge in [-0.2, -0.15) is 5.10 Å². The van der Waals surface area contributed by atoms with Gasteiger partial charge >= 0.3 is 6.36 Å². The number of aliphatic hydroxyl groups is 1. The molecular weight excluding hydrogens is 588 g/mol. The van der Waals surface area contributed by atoms with Crippen LogP contribution in [0.3, 0.4) is 0 Å². The fourth-order valence-corrected chi connectivity index (χ4v) is 4.81. The summed E-state index contributed by atoms with van der Waals surface area (Å²) >= 11 is 0. The second-order valence-electron chi connectivity index (χ2n) is 11.1. The molecule has 234 valence electrons. The number of aromatic nitrogens is 6. The summed E-state index contributed by atoms with van der Waals surface area (Å²) in [6, 6.07) is 6.50. The molecule has 12 nitrogen and oxygen atoms in total. The standard InChI is InChI=1S/C28H30F4N8O4/c1-27(2,43)26(42)39-13-18(14-39)22-11-16-9-19(35-37-24(16)34-22)5-3-4-8-40-15-23(36-38-40)25(41)33-12-17-10-20(6-7-21(17)29)44-28(30,31)32/h6-7,9-11,15,18,43H,3-5,8,12-14H2,1-2H3,(H,33,41)(H,34,37). The third-order valence-electron chi connectivity index (χ3n) is 7.11. The first-order chi connectivity index (χ1) is 20.7. The molecule has 0 aliphatic carbocycles. The van der Waals surface area contributed by atoms with Crippen LogP contribution in [0.25, 0.3) is 11.0 Å². The number of unbranched alkanes of at least 4 members (excludes halogenated alkanes) is 1. The predicted molar refractivity (Wildman–Crippen MR) is 147 cm³/mol. The SMILES string of the molecule is CC(C)(O)C(=O)N1CC(c2cc3cc(CCCCn4cc(C(=O)NCc5cc(OC(F)(F)F)ccc5F)nn4)nnc3[nH]2)C1. The summed E-state index contributed by atoms with van der Waals surface area (Å²) in [4.78, 5) is 29.5. The Hall–Kier alpha value is -4.60. The number of nitrogens with one attached hydrogen (secondary N) is 2. The zero-order valence-corrected chi connectivity index (χ0v) is 23.9. The molecule has 0 bridgehead atoms. The summed E-state index contributed by atoms with van der Waals surface area (Å²) in [5.74, 6) is -2.21. The molecule has 2 amide bonds. The quantitative estimate of drug-likeness (QED) is 0.171. The van der Waals surface area contributed by atoms with Crippen LogP contribution in [0.5, 0.6) is 5.75 Å². The molecule has 5 rings (SSSR count). The number of benzene rings is 1. The number of nitrogens with zero attached hydrogens (tertiary/aromatic N) is 6. The number of halogens is 4. The minimum Gasteiger partial charge on any atom is -0.406 e. The van der Waals surface area contributed by atoms with Crippen LogP contribution in [0.1, 0.15) is 60.0 Å². The Balaban J connectivity index is 1.07. The number of H-pyrrole nitrogens is 1. The molecule has 44 heavy (non-hydrogen) atoms. The highest BCUT2D eigenvalue weighted by Crippen LogP contribution is 2.30. The Morgan fingerprint density at radius 1 is 1.11 bits per heavy atom. The maximum Gasteiger partial charge on any atom is 0.573 e. The molecule has 1 aromatic carbocycles. The Morgan fingerprint density at radius 3 is 2.61 bits per heavy atom. The topological polar surface area (TPSA) is 151 Å². The fraction of sp³-hybridized carbons (Fsp3) is 0.429. The molecule has 1 fully saturated rings. The summed E-state index contributed by atoms with van der Waals surface area (Å²) in [6.45, 7) is 4.10. The second-order valence-corrected chi connectivity index (χ2v) is 11.1. The van der Waals surface area contributed by atoms with Crippen LogP contribution in [-0.2, 0) is 24.3 Å². The van der Waals surface area contributed by atoms with Gasteiger partial charge in [-0.3, -0.25) is 14.3 Å². The smallest absolute Gasteiger partial charge is 0.406 e. The molecule has 1 saturated heterocycles. The number of likely N-dealkylation sites (tertiary alicyclic amines) is 1. The molecule has 4 aromatic rings. The summed E-state index contributed by atoms with van der Waals surface area (Å²) in [5, 5.41) is 29.6. The Bertz CT molecular complexity index is 1660. The summed E-state index contributed by atoms with van der Waals surface area (Å²) in [6.07, 6.45) is -1.38. The molecule has 1 aliphatic rings. The number of hydrogen-bond acceptors (Lipinski definition) is 8. The van der Waals surface area contributed by atoms with Crippen molar-refractivity contribution < 1.29 is 37.0 Å². The number of fused-ring (bicyclic) bond motifs is 1. The number of rotatable bonds is 11. The number of aryl methyl sites for hydroxylation is 2. The maximum atomic E-state index is 14.0. The zero-order chi connectivity index (χ0) is 31.6. The van der Waals surface area contributed by atoms with E-state index < -0.39 is 29.4 Å². The van der Waals surface area contributed by atoms with Crippen molar-refractivity contribution in [3.63, 3.8) is 0 Å². The highest BCUT2D eigenvalue weighted by Gasteiger charge is 2.38. The Morgan fingerprint density at radius 2 is 1.89 bits per heavy atom. The van der Waals surface area contributed by atoms with Crippen LogP contribution in [0, 0.1) is 5.82 Å². The van der Waals surface area contributed by atoms with Gasteiger partial charge in [0.05, 0.1) is 11.9 Å². The Kier molecular flexibility index (Phi) is 8.54. The highest BCUT2D eigenvalue weighted by molar-refractivity contribution is 5.91. The first-order valence-electron chi connectivity index (χ1n) is 13.8. The van der Waals surface area contributed by atoms with Crippen molar-refractivity contribution in [3.8, 4) is 5.75 Å². The van der Waals surface area contributed by atoms with Crippen molar-refractivity contribution in [3.05, 3.63) is 65.0 Å². The lowest BCUT2D eigenvalue weighted by Gasteiger charge is -2.41. The van der Waals surface area contributed by atoms with Crippen molar-refractivity contribution in [2.75, 3.05) is 13.1 Å². The number of ether oxygens (including phenoxy) is 1. The highest BCUT2D eigenvalue weighted by atomic mass is 19.4. The van der Waals surface area contributed by atoms with E-state index in [-0.39, 0.29) is 29.6 Å². The van der Waals surface area contributed by atoms with Gasteiger partial charge in [0, 0.05) is 48.7 Å². The number of carbonyl (C=O) groups excluding carboxylic acids is 2. The van der Waals surface area contributed by atoms with Crippen LogP contribution in [0.2, 0.25) is 0 Å². The molecule has 3 aromatic heterocycles. The lowest BCUT2D eigenvalue weighted by molar-refractivity contribution is -0.274. The number of hydrogen-bond donors (Lipinski definition) is 3. The fourth-order valence-electron chi connectivity index (χ4n) is 4.81. The lowest BCUT2D eigenvalue weighted by atomic mass is 9.94. The predicted octanol–water partition coefficient (Wildman–Crippen LogP) is 3.24. The third-order valence-corrected chi connectivity index (χ3v) is 7.11. The van der Waals surface area contributed by atoms with Crippen LogP contribution < -0.4 is 10.1 Å². The normalized spacial score (nSPS) is 14.1. The van der Waals surface area contributed by atoms with Gasteiger partial charge in [-0.1, -0.05) is 5.21 Å². The molecule has 16 heteroatoms. The minimum absolute atomic E-state index is 0.0216. The molecule has 0 radical (unpaired) electrons. The van der Waals surface area contributed by atoms with E-state index in [1.165, 1.54) is 24.7 Å². The molecule has 0 unspecified atom stereocenters. The summed E-state index contributed by atoms with van der Waals surface area (Å²) in [5.41, 5.74) is 0.840. The number of aromatic amines is 1. The lowest BCUT2D eigenvalue weighted by Crippen LogP contribution is -2.55. The van der Waals surface area contributed by atoms with Gasteiger partial charge in [-0.25, -0.2) is 4.39 Å². The summed E-state index contributed by atoms with van der Waals surface area (Å²) < 4.78 is 56.6. The second kappa shape index (κ2) is 12.2. The summed E-state index contributed by atoms with van der Waals surface area (Å²) in [7, 11) is 0. The van der Waals surface area contributed by atoms with Gasteiger partial charge in [-0.15, -0.1) is 23.4 Å². The van der Waals surface area contributed by atoms with Crippen molar-refractivity contribution in [2.45, 2.75) is 64.1 Å². The number of alkyl halides is 3. The molecule has 4 heterocycles. The molecule has 0 atom stereocenters. The average Bonchev–Trinajstić information content (AvgIpc) is 3.56. The van der Waals surface area contributed by atoms with Gasteiger partial charge in [-0.05, 0) is 63.4 Å². The largest absolute Gasteiger partial charge is 0.573 e. The Labute approximate surface area is 248 Å². The minimum atomic E-state index is -4.92. The molecule has 0 saturated carbocycles. The maximum absolute atomic E-state index is 14.0. The first-order valence-corrected chi connectivity index (χ1v) is 13.8. The average molecular weight is 619 g/mol. The van der Waals surface area contributed by atoms with E-state index in [0.29, 0.717) is 38.1 Å². The molecular formula is C28H30F4N8O4. The van der Waals surface area contributed by atoms with Crippen molar-refractivity contribution in [1.82, 2.24) is 40.4 Å². The van der Waals surface area contributed by atoms with E-state index in [1.54, 1.807) is 4.90 Å². The van der Waals surface area contributed by atoms with Gasteiger partial charge in [0.25, 0.3) is 11.8 Å². The van der Waals surface area contributed by atoms with Crippen LogP contribution in [-0.4, -0.2) is 77.0 Å². The first kappa shape index (κ1) is 30.8. The van der Waals surface area contributed by atoms with Crippen molar-refractivity contribution in [2.24, 2.45) is 0 Å². The van der Waals surface area contributed by atoms with E-state index in [9.17, 15) is 32.3 Å². The van der Waals surface area contributed by atoms with Gasteiger partial charge in [0.2, 0.25) is 0 Å². The van der Waals surface area contributed by atoms with E-state index >= 15 is 0 Å². The molecule has 1 aliphatic heterocycles. The monoisotopic (exact) mass is 618 g/mol. The van der Waals surface area contributed by atoms with Crippen molar-refractivity contribution in [1.29, 1.82) is 0 Å². The number of carbonyl (C=O) groups is 2. The van der Waals surface area contributed by atoms with Crippen molar-refractivity contribution >= 4 is 22.8 Å². The van der Waals surface area contributed by atoms with Gasteiger partial charge < -0.3 is 25.0 Å². The van der Waals surface area contributed by atoms with E-state index in [2.05, 4.69) is 35.5 Å². The van der Waals surface area contributed by atoms with E-state index in [1.807, 2.05) is 12.1 Å². The van der Waals surface area contributed by atoms with Gasteiger partial charge in [0.1, 0.15) is 17.2 Å². The van der Waals surface area contributed by atoms with E-state index in [0.717, 1.165) is 41.4 Å². The third kappa shape index (κ3) is 7.48. The van der Waals surface area contributed by atoms with Crippen LogP contribution >= 0.6 is 0 Å².